The molecule has 118 valence electrons. The lowest BCUT2D eigenvalue weighted by Crippen LogP contribution is -2.35. The lowest BCUT2D eigenvalue weighted by molar-refractivity contribution is -0.200. The van der Waals surface area contributed by atoms with Crippen molar-refractivity contribution in [1.82, 2.24) is 10.0 Å². The highest BCUT2D eigenvalue weighted by Gasteiger charge is 2.17. The molecule has 22 heavy (non-hydrogen) atoms. The summed E-state index contributed by atoms with van der Waals surface area (Å²) in [4.78, 5) is 17.5. The molecule has 0 aliphatic carbocycles. The number of nitrogens with one attached hydrogen (secondary N) is 1. The molecule has 1 aromatic carbocycles. The number of hydrogen-bond donors (Lipinski definition) is 1. The Bertz CT molecular complexity index is 677. The first-order valence-corrected chi connectivity index (χ1v) is 8.25. The summed E-state index contributed by atoms with van der Waals surface area (Å²) in [6.07, 6.45) is 2.61. The average Bonchev–Trinajstić information content (AvgIpc) is 2.79. The lowest BCUT2D eigenvalue weighted by atomic mass is 10.2. The van der Waals surface area contributed by atoms with E-state index in [4.69, 9.17) is 9.57 Å². The Labute approximate surface area is 137 Å². The first-order valence-electron chi connectivity index (χ1n) is 7.46. The van der Waals surface area contributed by atoms with Gasteiger partial charge >= 0.3 is 0 Å². The monoisotopic (exact) mass is 366 g/mol. The van der Waals surface area contributed by atoms with E-state index in [1.807, 2.05) is 35.8 Å². The van der Waals surface area contributed by atoms with E-state index >= 15 is 0 Å². The van der Waals surface area contributed by atoms with E-state index in [0.29, 0.717) is 6.61 Å². The van der Waals surface area contributed by atoms with Gasteiger partial charge in [-0.15, -0.1) is 0 Å². The quantitative estimate of drug-likeness (QED) is 0.844. The molecule has 1 N–H and O–H groups in total. The van der Waals surface area contributed by atoms with Gasteiger partial charge in [0.25, 0.3) is 5.91 Å². The van der Waals surface area contributed by atoms with Crippen molar-refractivity contribution in [2.75, 3.05) is 6.61 Å². The molecule has 1 saturated heterocycles. The Kier molecular flexibility index (Phi) is 4.81. The van der Waals surface area contributed by atoms with Gasteiger partial charge < -0.3 is 9.30 Å². The van der Waals surface area contributed by atoms with Gasteiger partial charge in [-0.05, 0) is 41.8 Å². The van der Waals surface area contributed by atoms with E-state index in [-0.39, 0.29) is 18.7 Å². The van der Waals surface area contributed by atoms with Crippen LogP contribution in [0.3, 0.4) is 0 Å². The van der Waals surface area contributed by atoms with Gasteiger partial charge in [0.15, 0.2) is 6.29 Å². The molecular formula is C16H19BrN2O3. The Morgan fingerprint density at radius 2 is 2.27 bits per heavy atom. The molecule has 1 amide bonds. The van der Waals surface area contributed by atoms with E-state index in [1.54, 1.807) is 0 Å². The van der Waals surface area contributed by atoms with E-state index in [9.17, 15) is 4.79 Å². The largest absolute Gasteiger partial charge is 0.350 e. The maximum atomic E-state index is 12.1. The molecule has 1 atom stereocenters. The van der Waals surface area contributed by atoms with Crippen LogP contribution in [0.5, 0.6) is 0 Å². The van der Waals surface area contributed by atoms with Crippen LogP contribution in [-0.2, 0) is 20.9 Å². The molecule has 1 aliphatic rings. The van der Waals surface area contributed by atoms with Gasteiger partial charge in [-0.2, -0.15) is 0 Å². The Hall–Kier alpha value is -1.37. The molecule has 6 heteroatoms. The number of hydrogen-bond acceptors (Lipinski definition) is 3. The van der Waals surface area contributed by atoms with E-state index < -0.39 is 0 Å². The average molecular weight is 367 g/mol. The smallest absolute Gasteiger partial charge is 0.263 e. The summed E-state index contributed by atoms with van der Waals surface area (Å²) in [6, 6.07) is 7.99. The summed E-state index contributed by atoms with van der Waals surface area (Å²) in [7, 11) is 0. The molecule has 5 nitrogen and oxygen atoms in total. The highest BCUT2D eigenvalue weighted by Crippen LogP contribution is 2.30. The predicted molar refractivity (Wildman–Crippen MR) is 87.2 cm³/mol. The third kappa shape index (κ3) is 3.19. The van der Waals surface area contributed by atoms with Crippen molar-refractivity contribution in [1.29, 1.82) is 0 Å². The standard InChI is InChI=1S/C16H19BrN2O3/c1-11-16(17)12-6-2-3-7-13(12)19(11)10-14(20)18-22-15-8-4-5-9-21-15/h2-3,6-7,15H,4-5,8-10H2,1H3,(H,18,20). The van der Waals surface area contributed by atoms with Gasteiger partial charge in [0.2, 0.25) is 0 Å². The summed E-state index contributed by atoms with van der Waals surface area (Å²) in [6.45, 7) is 2.89. The first kappa shape index (κ1) is 15.5. The van der Waals surface area contributed by atoms with E-state index in [0.717, 1.165) is 40.3 Å². The van der Waals surface area contributed by atoms with Crippen LogP contribution in [0.2, 0.25) is 0 Å². The van der Waals surface area contributed by atoms with Crippen LogP contribution in [0.1, 0.15) is 25.0 Å². The van der Waals surface area contributed by atoms with Gasteiger partial charge in [-0.25, -0.2) is 10.3 Å². The molecule has 0 spiro atoms. The van der Waals surface area contributed by atoms with E-state index in [1.165, 1.54) is 0 Å². The van der Waals surface area contributed by atoms with Gasteiger partial charge in [0.1, 0.15) is 6.54 Å². The fraction of sp³-hybridized carbons (Fsp3) is 0.438. The van der Waals surface area contributed by atoms with Crippen LogP contribution in [0, 0.1) is 6.92 Å². The number of carbonyl (C=O) groups is 1. The second-order valence-electron chi connectivity index (χ2n) is 5.44. The molecule has 2 heterocycles. The van der Waals surface area contributed by atoms with Crippen molar-refractivity contribution < 1.29 is 14.4 Å². The maximum absolute atomic E-state index is 12.1. The van der Waals surface area contributed by atoms with Crippen LogP contribution in [0.4, 0.5) is 0 Å². The highest BCUT2D eigenvalue weighted by molar-refractivity contribution is 9.10. The molecule has 1 fully saturated rings. The number of carbonyl (C=O) groups excluding carboxylic acids is 1. The van der Waals surface area contributed by atoms with Gasteiger partial charge in [-0.1, -0.05) is 18.2 Å². The number of halogens is 1. The third-order valence-corrected chi connectivity index (χ3v) is 4.90. The third-order valence-electron chi connectivity index (χ3n) is 3.90. The van der Waals surface area contributed by atoms with Crippen molar-refractivity contribution in [3.8, 4) is 0 Å². The topological polar surface area (TPSA) is 52.5 Å². The summed E-state index contributed by atoms with van der Waals surface area (Å²) < 4.78 is 8.42. The minimum atomic E-state index is -0.327. The number of benzene rings is 1. The second kappa shape index (κ2) is 6.81. The summed E-state index contributed by atoms with van der Waals surface area (Å²) in [5.74, 6) is -0.189. The zero-order valence-electron chi connectivity index (χ0n) is 12.5. The Balaban J connectivity index is 1.67. The molecule has 3 rings (SSSR count). The van der Waals surface area contributed by atoms with Crippen molar-refractivity contribution >= 4 is 32.7 Å². The van der Waals surface area contributed by atoms with E-state index in [2.05, 4.69) is 21.4 Å². The minimum Gasteiger partial charge on any atom is -0.350 e. The number of nitrogens with zero attached hydrogens (tertiary/aromatic N) is 1. The van der Waals surface area contributed by atoms with Crippen LogP contribution in [-0.4, -0.2) is 23.4 Å². The molecule has 1 unspecified atom stereocenters. The van der Waals surface area contributed by atoms with Crippen molar-refractivity contribution in [2.45, 2.75) is 39.0 Å². The molecule has 0 radical (unpaired) electrons. The number of hydroxylamine groups is 1. The fourth-order valence-electron chi connectivity index (χ4n) is 2.70. The van der Waals surface area contributed by atoms with Gasteiger partial charge in [0, 0.05) is 34.1 Å². The van der Waals surface area contributed by atoms with Crippen molar-refractivity contribution in [3.05, 3.63) is 34.4 Å². The first-order chi connectivity index (χ1) is 10.7. The SMILES string of the molecule is Cc1c(Br)c2ccccc2n1CC(=O)NOC1CCCCO1. The number of para-hydroxylation sites is 1. The molecule has 1 aliphatic heterocycles. The van der Waals surface area contributed by atoms with Gasteiger partial charge in [0.05, 0.1) is 0 Å². The Morgan fingerprint density at radius 1 is 1.45 bits per heavy atom. The highest BCUT2D eigenvalue weighted by atomic mass is 79.9. The van der Waals surface area contributed by atoms with Gasteiger partial charge in [-0.3, -0.25) is 4.79 Å². The maximum Gasteiger partial charge on any atom is 0.263 e. The fourth-order valence-corrected chi connectivity index (χ4v) is 3.25. The van der Waals surface area contributed by atoms with Crippen LogP contribution >= 0.6 is 15.9 Å². The number of ether oxygens (including phenoxy) is 1. The van der Waals surface area contributed by atoms with Crippen molar-refractivity contribution in [2.24, 2.45) is 0 Å². The zero-order valence-corrected chi connectivity index (χ0v) is 14.1. The molecule has 0 bridgehead atoms. The number of aromatic nitrogens is 1. The van der Waals surface area contributed by atoms with Crippen molar-refractivity contribution in [3.63, 3.8) is 0 Å². The van der Waals surface area contributed by atoms with Crippen LogP contribution in [0.15, 0.2) is 28.7 Å². The Morgan fingerprint density at radius 3 is 3.05 bits per heavy atom. The summed E-state index contributed by atoms with van der Waals surface area (Å²) in [5, 5.41) is 1.10. The summed E-state index contributed by atoms with van der Waals surface area (Å²) in [5.41, 5.74) is 4.54. The lowest BCUT2D eigenvalue weighted by Gasteiger charge is -2.22. The second-order valence-corrected chi connectivity index (χ2v) is 6.23. The summed E-state index contributed by atoms with van der Waals surface area (Å²) >= 11 is 3.59. The predicted octanol–water partition coefficient (Wildman–Crippen LogP) is 3.29. The number of fused-ring (bicyclic) bond motifs is 1. The molecule has 1 aromatic heterocycles. The number of amides is 1. The normalized spacial score (nSPS) is 18.5. The molecule has 2 aromatic rings. The minimum absolute atomic E-state index is 0.189. The van der Waals surface area contributed by atoms with Crippen LogP contribution in [0.25, 0.3) is 10.9 Å². The molecular weight excluding hydrogens is 348 g/mol. The number of rotatable bonds is 4. The molecule has 0 saturated carbocycles. The van der Waals surface area contributed by atoms with Crippen LogP contribution < -0.4 is 5.48 Å². The zero-order chi connectivity index (χ0) is 15.5.